The van der Waals surface area contributed by atoms with Gasteiger partial charge in [-0.15, -0.1) is 0 Å². The average molecular weight is 263 g/mol. The Morgan fingerprint density at radius 3 is 2.59 bits per heavy atom. The Bertz CT molecular complexity index is 391. The van der Waals surface area contributed by atoms with E-state index in [9.17, 15) is 13.2 Å². The second kappa shape index (κ2) is 4.89. The van der Waals surface area contributed by atoms with Crippen LogP contribution in [0.3, 0.4) is 0 Å². The summed E-state index contributed by atoms with van der Waals surface area (Å²) in [6, 6.07) is -0.642. The predicted molar refractivity (Wildman–Crippen MR) is 60.5 cm³/mol. The minimum Gasteiger partial charge on any atom is -0.379 e. The largest absolute Gasteiger partial charge is 0.379 e. The van der Waals surface area contributed by atoms with Crippen molar-refractivity contribution < 1.29 is 17.9 Å². The molecule has 7 nitrogen and oxygen atoms in total. The Balaban J connectivity index is 2.16. The highest BCUT2D eigenvalue weighted by Crippen LogP contribution is 2.16. The summed E-state index contributed by atoms with van der Waals surface area (Å²) >= 11 is 0. The first-order chi connectivity index (χ1) is 8.03. The molecular formula is C9H17N3O4S. The fourth-order valence-corrected chi connectivity index (χ4v) is 3.73. The molecule has 98 valence electrons. The van der Waals surface area contributed by atoms with Gasteiger partial charge < -0.3 is 10.1 Å². The third-order valence-electron chi connectivity index (χ3n) is 3.04. The van der Waals surface area contributed by atoms with Gasteiger partial charge in [-0.1, -0.05) is 0 Å². The van der Waals surface area contributed by atoms with Crippen molar-refractivity contribution in [2.24, 2.45) is 0 Å². The van der Waals surface area contributed by atoms with Crippen LogP contribution in [0.1, 0.15) is 6.92 Å². The molecule has 0 aromatic carbocycles. The van der Waals surface area contributed by atoms with Crippen molar-refractivity contribution in [3.8, 4) is 0 Å². The van der Waals surface area contributed by atoms with Crippen molar-refractivity contribution in [3.63, 3.8) is 0 Å². The molecule has 0 aliphatic carbocycles. The quantitative estimate of drug-likeness (QED) is 0.650. The maximum absolute atomic E-state index is 12.3. The monoisotopic (exact) mass is 263 g/mol. The lowest BCUT2D eigenvalue weighted by molar-refractivity contribution is -0.126. The molecule has 2 heterocycles. The van der Waals surface area contributed by atoms with E-state index in [1.54, 1.807) is 6.92 Å². The van der Waals surface area contributed by atoms with Gasteiger partial charge in [-0.3, -0.25) is 4.79 Å². The first kappa shape index (κ1) is 12.7. The first-order valence-corrected chi connectivity index (χ1v) is 7.05. The van der Waals surface area contributed by atoms with Gasteiger partial charge in [-0.2, -0.15) is 17.0 Å². The van der Waals surface area contributed by atoms with Crippen LogP contribution in [0.15, 0.2) is 0 Å². The average Bonchev–Trinajstić information content (AvgIpc) is 2.33. The molecule has 0 saturated carbocycles. The Labute approximate surface area is 101 Å². The van der Waals surface area contributed by atoms with Gasteiger partial charge >= 0.3 is 0 Å². The maximum Gasteiger partial charge on any atom is 0.282 e. The molecule has 1 N–H and O–H groups in total. The van der Waals surface area contributed by atoms with E-state index < -0.39 is 16.3 Å². The number of carbonyl (C=O) groups is 1. The summed E-state index contributed by atoms with van der Waals surface area (Å²) in [6.07, 6.45) is 0. The number of amides is 1. The van der Waals surface area contributed by atoms with Gasteiger partial charge in [-0.05, 0) is 6.92 Å². The molecule has 0 spiro atoms. The molecule has 17 heavy (non-hydrogen) atoms. The fraction of sp³-hybridized carbons (Fsp3) is 0.889. The molecule has 2 rings (SSSR count). The number of nitrogens with one attached hydrogen (secondary N) is 1. The normalized spacial score (nSPS) is 29.0. The van der Waals surface area contributed by atoms with Crippen LogP contribution in [-0.4, -0.2) is 68.4 Å². The molecule has 0 radical (unpaired) electrons. The molecule has 1 amide bonds. The molecule has 1 unspecified atom stereocenters. The lowest BCUT2D eigenvalue weighted by Crippen LogP contribution is -2.60. The lowest BCUT2D eigenvalue weighted by atomic mass is 10.2. The Morgan fingerprint density at radius 1 is 1.29 bits per heavy atom. The van der Waals surface area contributed by atoms with Crippen molar-refractivity contribution in [2.45, 2.75) is 13.0 Å². The summed E-state index contributed by atoms with van der Waals surface area (Å²) in [5.41, 5.74) is 0. The zero-order valence-electron chi connectivity index (χ0n) is 9.76. The summed E-state index contributed by atoms with van der Waals surface area (Å²) < 4.78 is 32.4. The zero-order chi connectivity index (χ0) is 12.5. The highest BCUT2D eigenvalue weighted by Gasteiger charge is 2.38. The number of piperazine rings is 1. The number of hydrogen-bond acceptors (Lipinski definition) is 4. The third kappa shape index (κ3) is 2.44. The van der Waals surface area contributed by atoms with E-state index >= 15 is 0 Å². The van der Waals surface area contributed by atoms with Crippen molar-refractivity contribution in [2.75, 3.05) is 39.4 Å². The Kier molecular flexibility index (Phi) is 3.67. The van der Waals surface area contributed by atoms with E-state index in [1.165, 1.54) is 8.61 Å². The maximum atomic E-state index is 12.3. The molecule has 0 aromatic heterocycles. The van der Waals surface area contributed by atoms with Crippen molar-refractivity contribution in [1.82, 2.24) is 13.9 Å². The van der Waals surface area contributed by atoms with Crippen molar-refractivity contribution in [3.05, 3.63) is 0 Å². The SMILES string of the molecule is CC1C(=O)NCCN1S(=O)(=O)N1CCOCC1. The molecule has 2 aliphatic rings. The van der Waals surface area contributed by atoms with E-state index in [0.717, 1.165) is 0 Å². The van der Waals surface area contributed by atoms with Gasteiger partial charge in [0.05, 0.1) is 13.2 Å². The summed E-state index contributed by atoms with van der Waals surface area (Å²) in [5.74, 6) is -0.243. The van der Waals surface area contributed by atoms with Crippen molar-refractivity contribution >= 4 is 16.1 Å². The van der Waals surface area contributed by atoms with Gasteiger partial charge in [0.15, 0.2) is 0 Å². The van der Waals surface area contributed by atoms with Gasteiger partial charge in [0.1, 0.15) is 6.04 Å². The van der Waals surface area contributed by atoms with Crippen LogP contribution >= 0.6 is 0 Å². The first-order valence-electron chi connectivity index (χ1n) is 5.66. The second-order valence-corrected chi connectivity index (χ2v) is 5.98. The topological polar surface area (TPSA) is 79.0 Å². The van der Waals surface area contributed by atoms with Crippen LogP contribution in [-0.2, 0) is 19.7 Å². The number of carbonyl (C=O) groups excluding carboxylic acids is 1. The van der Waals surface area contributed by atoms with Gasteiger partial charge in [0.25, 0.3) is 10.2 Å². The van der Waals surface area contributed by atoms with Crippen LogP contribution < -0.4 is 5.32 Å². The number of morpholine rings is 1. The molecule has 2 saturated heterocycles. The van der Waals surface area contributed by atoms with Gasteiger partial charge in [0, 0.05) is 26.2 Å². The van der Waals surface area contributed by atoms with E-state index in [2.05, 4.69) is 5.32 Å². The molecule has 8 heteroatoms. The Hall–Kier alpha value is -0.700. The number of rotatable bonds is 2. The van der Waals surface area contributed by atoms with Crippen LogP contribution in [0, 0.1) is 0 Å². The molecule has 0 bridgehead atoms. The molecule has 2 fully saturated rings. The molecule has 0 aromatic rings. The van der Waals surface area contributed by atoms with Crippen LogP contribution in [0.4, 0.5) is 0 Å². The smallest absolute Gasteiger partial charge is 0.282 e. The van der Waals surface area contributed by atoms with Crippen LogP contribution in [0.5, 0.6) is 0 Å². The van der Waals surface area contributed by atoms with Gasteiger partial charge in [-0.25, -0.2) is 0 Å². The summed E-state index contributed by atoms with van der Waals surface area (Å²) in [7, 11) is -3.54. The van der Waals surface area contributed by atoms with Crippen molar-refractivity contribution in [1.29, 1.82) is 0 Å². The fourth-order valence-electron chi connectivity index (χ4n) is 2.00. The number of hydrogen-bond donors (Lipinski definition) is 1. The molecular weight excluding hydrogens is 246 g/mol. The lowest BCUT2D eigenvalue weighted by Gasteiger charge is -2.36. The predicted octanol–water partition coefficient (Wildman–Crippen LogP) is -1.62. The summed E-state index contributed by atoms with van der Waals surface area (Å²) in [6.45, 7) is 3.83. The third-order valence-corrected chi connectivity index (χ3v) is 5.14. The highest BCUT2D eigenvalue weighted by molar-refractivity contribution is 7.86. The standard InChI is InChI=1S/C9H17N3O4S/c1-8-9(13)10-2-3-12(8)17(14,15)11-4-6-16-7-5-11/h8H,2-7H2,1H3,(H,10,13). The second-order valence-electron chi connectivity index (χ2n) is 4.10. The van der Waals surface area contributed by atoms with E-state index in [1.807, 2.05) is 0 Å². The number of nitrogens with zero attached hydrogens (tertiary/aromatic N) is 2. The molecule has 2 aliphatic heterocycles. The summed E-state index contributed by atoms with van der Waals surface area (Å²) in [5, 5.41) is 2.65. The van der Waals surface area contributed by atoms with Gasteiger partial charge in [0.2, 0.25) is 5.91 Å². The van der Waals surface area contributed by atoms with Crippen LogP contribution in [0.25, 0.3) is 0 Å². The minimum atomic E-state index is -3.54. The van der Waals surface area contributed by atoms with E-state index in [4.69, 9.17) is 4.74 Å². The minimum absolute atomic E-state index is 0.243. The highest BCUT2D eigenvalue weighted by atomic mass is 32.2. The van der Waals surface area contributed by atoms with E-state index in [-0.39, 0.29) is 5.91 Å². The van der Waals surface area contributed by atoms with Crippen LogP contribution in [0.2, 0.25) is 0 Å². The Morgan fingerprint density at radius 2 is 1.94 bits per heavy atom. The summed E-state index contributed by atoms with van der Waals surface area (Å²) in [4.78, 5) is 11.5. The molecule has 1 atom stereocenters. The number of ether oxygens (including phenoxy) is 1. The van der Waals surface area contributed by atoms with E-state index in [0.29, 0.717) is 39.4 Å². The zero-order valence-corrected chi connectivity index (χ0v) is 10.6.